The average Bonchev–Trinajstić information content (AvgIpc) is 2.54. The third kappa shape index (κ3) is 4.15. The van der Waals surface area contributed by atoms with Gasteiger partial charge in [-0.1, -0.05) is 12.1 Å². The lowest BCUT2D eigenvalue weighted by Gasteiger charge is -2.16. The zero-order valence-electron chi connectivity index (χ0n) is 12.0. The summed E-state index contributed by atoms with van der Waals surface area (Å²) in [6, 6.07) is 6.65. The van der Waals surface area contributed by atoms with Gasteiger partial charge >= 0.3 is 14.2 Å². The van der Waals surface area contributed by atoms with E-state index in [0.29, 0.717) is 0 Å². The summed E-state index contributed by atoms with van der Waals surface area (Å²) < 4.78 is 31.3. The highest BCUT2D eigenvalue weighted by Gasteiger charge is 2.29. The van der Waals surface area contributed by atoms with Crippen molar-refractivity contribution < 1.29 is 33.6 Å². The van der Waals surface area contributed by atoms with Crippen LogP contribution < -0.4 is 10.9 Å². The Kier molecular flexibility index (Phi) is 5.86. The van der Waals surface area contributed by atoms with Gasteiger partial charge < -0.3 is 24.8 Å². The highest BCUT2D eigenvalue weighted by atomic mass is 19.1. The maximum absolute atomic E-state index is 13.1. The molecule has 5 nitrogen and oxygen atoms in total. The number of hydrogen-bond donors (Lipinski definition) is 4. The molecule has 0 aliphatic carbocycles. The van der Waals surface area contributed by atoms with Crippen molar-refractivity contribution in [3.05, 3.63) is 59.2 Å². The van der Waals surface area contributed by atoms with Crippen LogP contribution in [0.5, 0.6) is 0 Å². The summed E-state index contributed by atoms with van der Waals surface area (Å²) in [6.07, 6.45) is 0. The quantitative estimate of drug-likeness (QED) is 0.515. The first kappa shape index (κ1) is 17.6. The highest BCUT2D eigenvalue weighted by molar-refractivity contribution is 6.73. The Labute approximate surface area is 132 Å². The standard InChI is InChI=1S/C14H14B2F2O5/c17-11-1-3-13(9(5-11)7-19)15(21)23-16(22)14-4-2-12(18)6-10(14)8-20/h1-6,19-22H,7-8H2. The fourth-order valence-electron chi connectivity index (χ4n) is 2.17. The first-order chi connectivity index (χ1) is 11.0. The van der Waals surface area contributed by atoms with Crippen molar-refractivity contribution in [2.24, 2.45) is 0 Å². The van der Waals surface area contributed by atoms with Crippen molar-refractivity contribution in [3.8, 4) is 0 Å². The second-order valence-electron chi connectivity index (χ2n) is 4.84. The normalized spacial score (nSPS) is 10.7. The van der Waals surface area contributed by atoms with E-state index < -0.39 is 39.1 Å². The van der Waals surface area contributed by atoms with Crippen LogP contribution in [0.25, 0.3) is 0 Å². The number of aliphatic hydroxyl groups is 2. The van der Waals surface area contributed by atoms with Gasteiger partial charge in [-0.25, -0.2) is 8.78 Å². The number of benzene rings is 2. The topological polar surface area (TPSA) is 90.2 Å². The number of aliphatic hydroxyl groups excluding tert-OH is 2. The van der Waals surface area contributed by atoms with E-state index in [1.54, 1.807) is 0 Å². The molecule has 4 N–H and O–H groups in total. The number of halogens is 2. The first-order valence-electron chi connectivity index (χ1n) is 6.76. The van der Waals surface area contributed by atoms with Crippen LogP contribution in [0.1, 0.15) is 11.1 Å². The van der Waals surface area contributed by atoms with Crippen LogP contribution in [0, 0.1) is 11.6 Å². The summed E-state index contributed by atoms with van der Waals surface area (Å²) in [5, 5.41) is 38.4. The Morgan fingerprint density at radius 1 is 0.783 bits per heavy atom. The molecule has 0 amide bonds. The lowest BCUT2D eigenvalue weighted by atomic mass is 9.69. The van der Waals surface area contributed by atoms with E-state index in [1.165, 1.54) is 12.1 Å². The monoisotopic (exact) mass is 322 g/mol. The summed E-state index contributed by atoms with van der Waals surface area (Å²) in [5.74, 6) is -1.18. The first-order valence-corrected chi connectivity index (χ1v) is 6.76. The summed E-state index contributed by atoms with van der Waals surface area (Å²) in [7, 11) is -3.30. The van der Waals surface area contributed by atoms with Crippen molar-refractivity contribution >= 4 is 25.2 Å². The van der Waals surface area contributed by atoms with Gasteiger partial charge in [0.1, 0.15) is 11.6 Å². The summed E-state index contributed by atoms with van der Waals surface area (Å²) >= 11 is 0. The Balaban J connectivity index is 2.21. The van der Waals surface area contributed by atoms with E-state index in [9.17, 15) is 29.0 Å². The minimum Gasteiger partial charge on any atom is -0.443 e. The van der Waals surface area contributed by atoms with Crippen LogP contribution in [0.3, 0.4) is 0 Å². The van der Waals surface area contributed by atoms with Crippen molar-refractivity contribution in [2.45, 2.75) is 13.2 Å². The van der Waals surface area contributed by atoms with Gasteiger partial charge in [0.2, 0.25) is 0 Å². The van der Waals surface area contributed by atoms with Gasteiger partial charge in [0.05, 0.1) is 13.2 Å². The molecular formula is C14H14B2F2O5. The number of hydrogen-bond acceptors (Lipinski definition) is 5. The molecule has 2 rings (SSSR count). The Morgan fingerprint density at radius 2 is 1.17 bits per heavy atom. The molecule has 0 atom stereocenters. The summed E-state index contributed by atoms with van der Waals surface area (Å²) in [5.41, 5.74) is 0.374. The van der Waals surface area contributed by atoms with Crippen LogP contribution >= 0.6 is 0 Å². The number of rotatable bonds is 6. The molecule has 0 heterocycles. The van der Waals surface area contributed by atoms with Gasteiger partial charge in [-0.15, -0.1) is 0 Å². The van der Waals surface area contributed by atoms with Gasteiger partial charge in [0.15, 0.2) is 0 Å². The zero-order valence-corrected chi connectivity index (χ0v) is 12.0. The highest BCUT2D eigenvalue weighted by Crippen LogP contribution is 2.06. The minimum absolute atomic E-state index is 0.0839. The van der Waals surface area contributed by atoms with E-state index in [1.807, 2.05) is 0 Å². The molecule has 0 bridgehead atoms. The predicted octanol–water partition coefficient (Wildman–Crippen LogP) is -0.959. The lowest BCUT2D eigenvalue weighted by molar-refractivity contribution is 0.281. The van der Waals surface area contributed by atoms with Crippen molar-refractivity contribution in [1.82, 2.24) is 0 Å². The second kappa shape index (κ2) is 7.67. The van der Waals surface area contributed by atoms with E-state index >= 15 is 0 Å². The van der Waals surface area contributed by atoms with Crippen LogP contribution in [-0.2, 0) is 17.8 Å². The molecule has 0 saturated heterocycles. The molecule has 0 aromatic heterocycles. The van der Waals surface area contributed by atoms with Crippen LogP contribution in [0.2, 0.25) is 0 Å². The molecule has 120 valence electrons. The Morgan fingerprint density at radius 3 is 1.52 bits per heavy atom. The van der Waals surface area contributed by atoms with E-state index in [0.717, 1.165) is 24.3 Å². The maximum Gasteiger partial charge on any atom is 0.478 e. The largest absolute Gasteiger partial charge is 0.478 e. The molecule has 0 radical (unpaired) electrons. The second-order valence-corrected chi connectivity index (χ2v) is 4.84. The van der Waals surface area contributed by atoms with E-state index in [-0.39, 0.29) is 22.1 Å². The SMILES string of the molecule is OCc1cc(F)ccc1B(O)OB(O)c1ccc(F)cc1CO. The molecule has 0 unspecified atom stereocenters. The third-order valence-corrected chi connectivity index (χ3v) is 3.34. The smallest absolute Gasteiger partial charge is 0.443 e. The zero-order chi connectivity index (χ0) is 17.0. The fourth-order valence-corrected chi connectivity index (χ4v) is 2.17. The van der Waals surface area contributed by atoms with Gasteiger partial charge in [0, 0.05) is 0 Å². The fraction of sp³-hybridized carbons (Fsp3) is 0.143. The lowest BCUT2D eigenvalue weighted by Crippen LogP contribution is -2.47. The summed E-state index contributed by atoms with van der Waals surface area (Å²) in [6.45, 7) is -1.05. The van der Waals surface area contributed by atoms with Gasteiger partial charge in [0.25, 0.3) is 0 Å². The van der Waals surface area contributed by atoms with Crippen LogP contribution in [0.15, 0.2) is 36.4 Å². The summed E-state index contributed by atoms with van der Waals surface area (Å²) in [4.78, 5) is 0. The Hall–Kier alpha value is -1.77. The molecule has 9 heteroatoms. The van der Waals surface area contributed by atoms with Gasteiger partial charge in [-0.3, -0.25) is 0 Å². The molecule has 2 aromatic rings. The van der Waals surface area contributed by atoms with Crippen molar-refractivity contribution in [2.75, 3.05) is 0 Å². The van der Waals surface area contributed by atoms with E-state index in [2.05, 4.69) is 0 Å². The molecule has 0 fully saturated rings. The molecule has 23 heavy (non-hydrogen) atoms. The molecule has 0 aliphatic rings. The molecule has 0 aliphatic heterocycles. The Bertz CT molecular complexity index is 629. The minimum atomic E-state index is -1.65. The van der Waals surface area contributed by atoms with Crippen LogP contribution in [0.4, 0.5) is 8.78 Å². The molecule has 0 saturated carbocycles. The molecular weight excluding hydrogens is 308 g/mol. The average molecular weight is 322 g/mol. The van der Waals surface area contributed by atoms with Gasteiger partial charge in [-0.2, -0.15) is 0 Å². The predicted molar refractivity (Wildman–Crippen MR) is 80.9 cm³/mol. The molecule has 0 spiro atoms. The van der Waals surface area contributed by atoms with Gasteiger partial charge in [-0.05, 0) is 46.3 Å². The third-order valence-electron chi connectivity index (χ3n) is 3.34. The van der Waals surface area contributed by atoms with E-state index in [4.69, 9.17) is 4.57 Å². The van der Waals surface area contributed by atoms with Crippen LogP contribution in [-0.4, -0.2) is 34.5 Å². The van der Waals surface area contributed by atoms with Crippen molar-refractivity contribution in [3.63, 3.8) is 0 Å². The maximum atomic E-state index is 13.1. The van der Waals surface area contributed by atoms with Crippen molar-refractivity contribution in [1.29, 1.82) is 0 Å². The molecule has 2 aromatic carbocycles.